The van der Waals surface area contributed by atoms with Gasteiger partial charge < -0.3 is 10.2 Å². The smallest absolute Gasteiger partial charge is 0.132 e. The Morgan fingerprint density at radius 1 is 1.36 bits per heavy atom. The number of aliphatic hydroxyl groups is 2. The molecule has 0 saturated carbocycles. The third-order valence-corrected chi connectivity index (χ3v) is 2.36. The summed E-state index contributed by atoms with van der Waals surface area (Å²) in [5, 5.41) is 18.5. The Balaban J connectivity index is 3.17. The molecule has 0 radical (unpaired) electrons. The second kappa shape index (κ2) is 4.21. The predicted octanol–water partition coefficient (Wildman–Crippen LogP) is 1.38. The SMILES string of the molecule is OC[C@](O)(CCl)c1ccc(F)cc1F. The summed E-state index contributed by atoms with van der Waals surface area (Å²) in [6.07, 6.45) is 0. The first-order valence-electron chi connectivity index (χ1n) is 3.88. The lowest BCUT2D eigenvalue weighted by atomic mass is 9.96. The lowest BCUT2D eigenvalue weighted by Crippen LogP contribution is -2.33. The molecule has 1 rings (SSSR count). The molecule has 1 atom stereocenters. The number of aliphatic hydroxyl groups excluding tert-OH is 1. The first-order valence-corrected chi connectivity index (χ1v) is 4.41. The van der Waals surface area contributed by atoms with Crippen molar-refractivity contribution in [3.63, 3.8) is 0 Å². The van der Waals surface area contributed by atoms with Crippen LogP contribution in [0.25, 0.3) is 0 Å². The summed E-state index contributed by atoms with van der Waals surface area (Å²) in [6, 6.07) is 2.68. The molecule has 1 aromatic carbocycles. The number of hydrogen-bond acceptors (Lipinski definition) is 2. The zero-order valence-corrected chi connectivity index (χ0v) is 7.93. The Morgan fingerprint density at radius 3 is 2.43 bits per heavy atom. The standard InChI is InChI=1S/C9H9ClF2O2/c10-4-9(14,5-13)7-2-1-6(11)3-8(7)12/h1-3,13-14H,4-5H2/t9-/m1/s1. The van der Waals surface area contributed by atoms with Gasteiger partial charge in [0.2, 0.25) is 0 Å². The zero-order chi connectivity index (χ0) is 10.8. The van der Waals surface area contributed by atoms with Crippen LogP contribution in [0, 0.1) is 11.6 Å². The molecular weight excluding hydrogens is 214 g/mol. The van der Waals surface area contributed by atoms with E-state index in [0.29, 0.717) is 6.07 Å². The monoisotopic (exact) mass is 222 g/mol. The van der Waals surface area contributed by atoms with Crippen LogP contribution in [0.5, 0.6) is 0 Å². The molecule has 0 fully saturated rings. The minimum atomic E-state index is -1.86. The summed E-state index contributed by atoms with van der Waals surface area (Å²) in [5.74, 6) is -2.05. The van der Waals surface area contributed by atoms with Crippen molar-refractivity contribution in [3.05, 3.63) is 35.4 Å². The van der Waals surface area contributed by atoms with Gasteiger partial charge in [0.15, 0.2) is 0 Å². The normalized spacial score (nSPS) is 15.2. The van der Waals surface area contributed by atoms with Gasteiger partial charge in [-0.2, -0.15) is 0 Å². The minimum Gasteiger partial charge on any atom is -0.393 e. The van der Waals surface area contributed by atoms with Gasteiger partial charge in [0.25, 0.3) is 0 Å². The number of rotatable bonds is 3. The van der Waals surface area contributed by atoms with Gasteiger partial charge in [0, 0.05) is 11.6 Å². The van der Waals surface area contributed by atoms with Gasteiger partial charge in [-0.15, -0.1) is 11.6 Å². The zero-order valence-electron chi connectivity index (χ0n) is 7.17. The van der Waals surface area contributed by atoms with Gasteiger partial charge in [0.1, 0.15) is 17.2 Å². The highest BCUT2D eigenvalue weighted by molar-refractivity contribution is 6.18. The molecule has 0 aliphatic rings. The topological polar surface area (TPSA) is 40.5 Å². The minimum absolute atomic E-state index is 0.212. The van der Waals surface area contributed by atoms with Gasteiger partial charge in [-0.1, -0.05) is 6.07 Å². The van der Waals surface area contributed by atoms with E-state index in [1.54, 1.807) is 0 Å². The molecule has 2 nitrogen and oxygen atoms in total. The third kappa shape index (κ3) is 2.03. The van der Waals surface area contributed by atoms with Crippen LogP contribution in [0.15, 0.2) is 18.2 Å². The molecule has 2 N–H and O–H groups in total. The van der Waals surface area contributed by atoms with Crippen LogP contribution in [-0.4, -0.2) is 22.7 Å². The molecule has 0 aromatic heterocycles. The Labute approximate surface area is 84.7 Å². The van der Waals surface area contributed by atoms with E-state index in [2.05, 4.69) is 0 Å². The highest BCUT2D eigenvalue weighted by Gasteiger charge is 2.30. The van der Waals surface area contributed by atoms with Crippen LogP contribution in [0.2, 0.25) is 0 Å². The highest BCUT2D eigenvalue weighted by Crippen LogP contribution is 2.25. The first-order chi connectivity index (χ1) is 6.53. The molecule has 0 unspecified atom stereocenters. The van der Waals surface area contributed by atoms with Crippen molar-refractivity contribution in [2.24, 2.45) is 0 Å². The number of hydrogen-bond donors (Lipinski definition) is 2. The molecule has 0 saturated heterocycles. The molecular formula is C9H9ClF2O2. The largest absolute Gasteiger partial charge is 0.393 e. The molecule has 14 heavy (non-hydrogen) atoms. The van der Waals surface area contributed by atoms with Gasteiger partial charge in [-0.25, -0.2) is 8.78 Å². The lowest BCUT2D eigenvalue weighted by Gasteiger charge is -2.23. The van der Waals surface area contributed by atoms with Crippen LogP contribution < -0.4 is 0 Å². The van der Waals surface area contributed by atoms with Crippen LogP contribution in [-0.2, 0) is 5.60 Å². The summed E-state index contributed by atoms with van der Waals surface area (Å²) in [6.45, 7) is -0.723. The van der Waals surface area contributed by atoms with E-state index in [0.717, 1.165) is 12.1 Å². The summed E-state index contributed by atoms with van der Waals surface area (Å²) in [7, 11) is 0. The van der Waals surface area contributed by atoms with Gasteiger partial charge in [0.05, 0.1) is 12.5 Å². The Hall–Kier alpha value is -0.710. The van der Waals surface area contributed by atoms with Crippen LogP contribution >= 0.6 is 11.6 Å². The molecule has 0 heterocycles. The van der Waals surface area contributed by atoms with Crippen molar-refractivity contribution in [2.45, 2.75) is 5.60 Å². The van der Waals surface area contributed by atoms with Crippen LogP contribution in [0.4, 0.5) is 8.78 Å². The van der Waals surface area contributed by atoms with Crippen molar-refractivity contribution >= 4 is 11.6 Å². The number of benzene rings is 1. The fourth-order valence-electron chi connectivity index (χ4n) is 1.07. The Bertz CT molecular complexity index is 327. The van der Waals surface area contributed by atoms with Crippen molar-refractivity contribution in [2.75, 3.05) is 12.5 Å². The van der Waals surface area contributed by atoms with E-state index >= 15 is 0 Å². The fraction of sp³-hybridized carbons (Fsp3) is 0.333. The van der Waals surface area contributed by atoms with Crippen molar-refractivity contribution in [1.82, 2.24) is 0 Å². The molecule has 0 spiro atoms. The molecule has 78 valence electrons. The number of alkyl halides is 1. The van der Waals surface area contributed by atoms with E-state index < -0.39 is 23.8 Å². The first kappa shape index (κ1) is 11.4. The summed E-state index contributed by atoms with van der Waals surface area (Å²) >= 11 is 5.38. The molecule has 0 amide bonds. The average molecular weight is 223 g/mol. The van der Waals surface area contributed by atoms with E-state index in [-0.39, 0.29) is 11.4 Å². The molecule has 5 heteroatoms. The highest BCUT2D eigenvalue weighted by atomic mass is 35.5. The third-order valence-electron chi connectivity index (χ3n) is 1.92. The molecule has 0 bridgehead atoms. The quantitative estimate of drug-likeness (QED) is 0.759. The van der Waals surface area contributed by atoms with E-state index in [9.17, 15) is 13.9 Å². The maximum absolute atomic E-state index is 13.1. The van der Waals surface area contributed by atoms with Crippen molar-refractivity contribution < 1.29 is 19.0 Å². The predicted molar refractivity (Wildman–Crippen MR) is 48.1 cm³/mol. The molecule has 0 aliphatic heterocycles. The second-order valence-electron chi connectivity index (χ2n) is 2.95. The Kier molecular flexibility index (Phi) is 3.42. The summed E-state index contributed by atoms with van der Waals surface area (Å²) in [5.41, 5.74) is -2.07. The maximum Gasteiger partial charge on any atom is 0.132 e. The van der Waals surface area contributed by atoms with Gasteiger partial charge in [-0.3, -0.25) is 0 Å². The summed E-state index contributed by atoms with van der Waals surface area (Å²) in [4.78, 5) is 0. The second-order valence-corrected chi connectivity index (χ2v) is 3.21. The Morgan fingerprint density at radius 2 is 2.00 bits per heavy atom. The van der Waals surface area contributed by atoms with E-state index in [1.807, 2.05) is 0 Å². The van der Waals surface area contributed by atoms with Gasteiger partial charge in [-0.05, 0) is 6.07 Å². The van der Waals surface area contributed by atoms with Gasteiger partial charge >= 0.3 is 0 Å². The van der Waals surface area contributed by atoms with Crippen molar-refractivity contribution in [3.8, 4) is 0 Å². The fourth-order valence-corrected chi connectivity index (χ4v) is 1.29. The molecule has 0 aliphatic carbocycles. The average Bonchev–Trinajstić information content (AvgIpc) is 2.17. The van der Waals surface area contributed by atoms with Crippen LogP contribution in [0.3, 0.4) is 0 Å². The molecule has 1 aromatic rings. The summed E-state index contributed by atoms with van der Waals surface area (Å²) < 4.78 is 25.7. The van der Waals surface area contributed by atoms with E-state index in [4.69, 9.17) is 16.7 Å². The van der Waals surface area contributed by atoms with Crippen molar-refractivity contribution in [1.29, 1.82) is 0 Å². The van der Waals surface area contributed by atoms with E-state index in [1.165, 1.54) is 0 Å². The maximum atomic E-state index is 13.1. The lowest BCUT2D eigenvalue weighted by molar-refractivity contribution is -0.00194. The van der Waals surface area contributed by atoms with Crippen LogP contribution in [0.1, 0.15) is 5.56 Å². The number of halogens is 3.